The van der Waals surface area contributed by atoms with Crippen molar-refractivity contribution < 1.29 is 9.53 Å². The minimum atomic E-state index is -0.459. The Labute approximate surface area is 149 Å². The summed E-state index contributed by atoms with van der Waals surface area (Å²) in [6.07, 6.45) is 0.860. The van der Waals surface area contributed by atoms with Gasteiger partial charge >= 0.3 is 0 Å². The minimum Gasteiger partial charge on any atom is -0.497 e. The maximum atomic E-state index is 13.4. The highest BCUT2D eigenvalue weighted by atomic mass is 16.5. The normalized spacial score (nSPS) is 21.0. The standard InChI is InChI=1S/C20H27N3O2/c1-13-17(14(2)22-21-13)11-23(5)18(24)20(12-19(20,3)4)15-7-9-16(25-6)10-8-15/h7-10H,11-12H2,1-6H3,(H,21,22)/t20-/m1/s1. The van der Waals surface area contributed by atoms with Gasteiger partial charge in [-0.2, -0.15) is 5.10 Å². The monoisotopic (exact) mass is 341 g/mol. The molecular formula is C20H27N3O2. The summed E-state index contributed by atoms with van der Waals surface area (Å²) in [6, 6.07) is 7.91. The van der Waals surface area contributed by atoms with Gasteiger partial charge in [-0.25, -0.2) is 0 Å². The van der Waals surface area contributed by atoms with Gasteiger partial charge in [-0.1, -0.05) is 26.0 Å². The van der Waals surface area contributed by atoms with Crippen LogP contribution in [0.2, 0.25) is 0 Å². The van der Waals surface area contributed by atoms with Crippen LogP contribution >= 0.6 is 0 Å². The molecule has 1 saturated carbocycles. The van der Waals surface area contributed by atoms with Gasteiger partial charge in [-0.15, -0.1) is 0 Å². The molecule has 5 heteroatoms. The molecule has 0 aliphatic heterocycles. The lowest BCUT2D eigenvalue weighted by Crippen LogP contribution is -2.39. The molecule has 1 N–H and O–H groups in total. The van der Waals surface area contributed by atoms with Gasteiger partial charge in [0.1, 0.15) is 5.75 Å². The van der Waals surface area contributed by atoms with E-state index in [0.717, 1.165) is 34.7 Å². The van der Waals surface area contributed by atoms with E-state index in [0.29, 0.717) is 6.54 Å². The van der Waals surface area contributed by atoms with Gasteiger partial charge in [-0.05, 0) is 43.4 Å². The zero-order valence-electron chi connectivity index (χ0n) is 15.9. The quantitative estimate of drug-likeness (QED) is 0.907. The van der Waals surface area contributed by atoms with Crippen LogP contribution in [0.1, 0.15) is 42.8 Å². The first-order valence-electron chi connectivity index (χ1n) is 8.63. The highest BCUT2D eigenvalue weighted by Gasteiger charge is 2.67. The highest BCUT2D eigenvalue weighted by Crippen LogP contribution is 2.65. The average Bonchev–Trinajstić information content (AvgIpc) is 3.06. The fraction of sp³-hybridized carbons (Fsp3) is 0.500. The zero-order valence-corrected chi connectivity index (χ0v) is 15.9. The van der Waals surface area contributed by atoms with Gasteiger partial charge in [0.25, 0.3) is 0 Å². The van der Waals surface area contributed by atoms with Gasteiger partial charge in [0.05, 0.1) is 18.2 Å². The number of H-pyrrole nitrogens is 1. The lowest BCUT2D eigenvalue weighted by atomic mass is 9.86. The fourth-order valence-corrected chi connectivity index (χ4v) is 3.92. The van der Waals surface area contributed by atoms with Crippen molar-refractivity contribution in [3.05, 3.63) is 46.8 Å². The zero-order chi connectivity index (χ0) is 18.4. The third-order valence-electron chi connectivity index (χ3n) is 5.71. The van der Waals surface area contributed by atoms with Crippen molar-refractivity contribution in [2.24, 2.45) is 5.41 Å². The summed E-state index contributed by atoms with van der Waals surface area (Å²) in [5.41, 5.74) is 3.62. The summed E-state index contributed by atoms with van der Waals surface area (Å²) in [5.74, 6) is 0.977. The van der Waals surface area contributed by atoms with Crippen LogP contribution in [0.15, 0.2) is 24.3 Å². The maximum absolute atomic E-state index is 13.4. The number of nitrogens with one attached hydrogen (secondary N) is 1. The number of rotatable bonds is 5. The second kappa shape index (κ2) is 5.90. The average molecular weight is 341 g/mol. The fourth-order valence-electron chi connectivity index (χ4n) is 3.92. The van der Waals surface area contributed by atoms with Crippen LogP contribution in [0.3, 0.4) is 0 Å². The number of amides is 1. The Morgan fingerprint density at radius 3 is 2.32 bits per heavy atom. The molecule has 2 aromatic rings. The van der Waals surface area contributed by atoms with E-state index in [9.17, 15) is 4.79 Å². The molecule has 3 rings (SSSR count). The van der Waals surface area contributed by atoms with E-state index in [-0.39, 0.29) is 11.3 Å². The van der Waals surface area contributed by atoms with Gasteiger partial charge in [0.15, 0.2) is 0 Å². The SMILES string of the molecule is COc1ccc([C@@]2(C(=O)N(C)Cc3c(C)n[nH]c3C)CC2(C)C)cc1. The molecule has 25 heavy (non-hydrogen) atoms. The Bertz CT molecular complexity index is 772. The van der Waals surface area contributed by atoms with Crippen molar-refractivity contribution in [1.29, 1.82) is 0 Å². The molecule has 5 nitrogen and oxygen atoms in total. The van der Waals surface area contributed by atoms with Crippen molar-refractivity contribution in [1.82, 2.24) is 15.1 Å². The van der Waals surface area contributed by atoms with Crippen molar-refractivity contribution in [3.63, 3.8) is 0 Å². The number of methoxy groups -OCH3 is 1. The number of aromatic amines is 1. The second-order valence-electron chi connectivity index (χ2n) is 7.77. The van der Waals surface area contributed by atoms with Crippen LogP contribution in [0.5, 0.6) is 5.75 Å². The van der Waals surface area contributed by atoms with E-state index in [2.05, 4.69) is 24.0 Å². The van der Waals surface area contributed by atoms with Crippen LogP contribution in [-0.4, -0.2) is 35.2 Å². The number of likely N-dealkylation sites (N-methyl/N-ethyl adjacent to an activating group) is 1. The minimum absolute atomic E-state index is 0.0482. The Morgan fingerprint density at radius 1 is 1.28 bits per heavy atom. The summed E-state index contributed by atoms with van der Waals surface area (Å²) >= 11 is 0. The highest BCUT2D eigenvalue weighted by molar-refractivity contribution is 5.93. The van der Waals surface area contributed by atoms with Gasteiger partial charge in [0.2, 0.25) is 5.91 Å². The molecule has 1 atom stereocenters. The lowest BCUT2D eigenvalue weighted by molar-refractivity contribution is -0.134. The summed E-state index contributed by atoms with van der Waals surface area (Å²) in [5, 5.41) is 7.23. The number of benzene rings is 1. The Kier molecular flexibility index (Phi) is 4.13. The van der Waals surface area contributed by atoms with E-state index in [1.165, 1.54) is 0 Å². The molecule has 0 unspecified atom stereocenters. The summed E-state index contributed by atoms with van der Waals surface area (Å²) in [7, 11) is 3.54. The van der Waals surface area contributed by atoms with E-state index >= 15 is 0 Å². The van der Waals surface area contributed by atoms with Crippen LogP contribution < -0.4 is 4.74 Å². The summed E-state index contributed by atoms with van der Waals surface area (Å²) in [4.78, 5) is 15.2. The van der Waals surface area contributed by atoms with Gasteiger partial charge in [0, 0.05) is 24.8 Å². The molecule has 0 bridgehead atoms. The lowest BCUT2D eigenvalue weighted by Gasteiger charge is -2.27. The maximum Gasteiger partial charge on any atom is 0.233 e. The number of aromatic nitrogens is 2. The molecule has 1 aromatic carbocycles. The molecule has 134 valence electrons. The van der Waals surface area contributed by atoms with E-state index < -0.39 is 5.41 Å². The number of carbonyl (C=O) groups is 1. The van der Waals surface area contributed by atoms with E-state index in [1.54, 1.807) is 7.11 Å². The largest absolute Gasteiger partial charge is 0.497 e. The molecule has 1 aliphatic carbocycles. The number of hydrogen-bond acceptors (Lipinski definition) is 3. The third kappa shape index (κ3) is 2.71. The number of carbonyl (C=O) groups excluding carboxylic acids is 1. The molecule has 1 aliphatic rings. The van der Waals surface area contributed by atoms with Crippen LogP contribution in [0.4, 0.5) is 0 Å². The van der Waals surface area contributed by atoms with Crippen LogP contribution in [0, 0.1) is 19.3 Å². The molecule has 1 heterocycles. The smallest absolute Gasteiger partial charge is 0.233 e. The van der Waals surface area contributed by atoms with Crippen molar-refractivity contribution in [3.8, 4) is 5.75 Å². The number of hydrogen-bond donors (Lipinski definition) is 1. The topological polar surface area (TPSA) is 58.2 Å². The number of ether oxygens (including phenoxy) is 1. The summed E-state index contributed by atoms with van der Waals surface area (Å²) in [6.45, 7) is 8.86. The second-order valence-corrected chi connectivity index (χ2v) is 7.77. The van der Waals surface area contributed by atoms with Crippen molar-refractivity contribution in [2.45, 2.75) is 46.1 Å². The Morgan fingerprint density at radius 2 is 1.88 bits per heavy atom. The number of aryl methyl sites for hydroxylation is 2. The summed E-state index contributed by atoms with van der Waals surface area (Å²) < 4.78 is 5.25. The molecule has 1 amide bonds. The van der Waals surface area contributed by atoms with Crippen molar-refractivity contribution in [2.75, 3.05) is 14.2 Å². The Hall–Kier alpha value is -2.30. The van der Waals surface area contributed by atoms with Gasteiger partial charge < -0.3 is 9.64 Å². The Balaban J connectivity index is 1.89. The first kappa shape index (κ1) is 17.5. The van der Waals surface area contributed by atoms with Gasteiger partial charge in [-0.3, -0.25) is 9.89 Å². The molecule has 0 saturated heterocycles. The first-order chi connectivity index (χ1) is 11.7. The van der Waals surface area contributed by atoms with E-state index in [4.69, 9.17) is 4.74 Å². The van der Waals surface area contributed by atoms with Crippen molar-refractivity contribution >= 4 is 5.91 Å². The molecular weight excluding hydrogens is 314 g/mol. The van der Waals surface area contributed by atoms with Crippen LogP contribution in [-0.2, 0) is 16.8 Å². The first-order valence-corrected chi connectivity index (χ1v) is 8.63. The van der Waals surface area contributed by atoms with Crippen LogP contribution in [0.25, 0.3) is 0 Å². The number of nitrogens with zero attached hydrogens (tertiary/aromatic N) is 2. The molecule has 0 spiro atoms. The molecule has 1 fully saturated rings. The predicted octanol–water partition coefficient (Wildman–Crippen LogP) is 3.36. The third-order valence-corrected chi connectivity index (χ3v) is 5.71. The van der Waals surface area contributed by atoms with E-state index in [1.807, 2.05) is 50.1 Å². The predicted molar refractivity (Wildman–Crippen MR) is 97.6 cm³/mol. The molecule has 0 radical (unpaired) electrons. The molecule has 1 aromatic heterocycles.